The van der Waals surface area contributed by atoms with E-state index in [4.69, 9.17) is 37.9 Å². The molecule has 4 heterocycles. The van der Waals surface area contributed by atoms with Crippen molar-refractivity contribution < 1.29 is 114 Å². The van der Waals surface area contributed by atoms with Crippen LogP contribution >= 0.6 is 0 Å². The van der Waals surface area contributed by atoms with Gasteiger partial charge in [-0.25, -0.2) is 0 Å². The van der Waals surface area contributed by atoms with E-state index in [9.17, 15) is 76.3 Å². The zero-order valence-corrected chi connectivity index (χ0v) is 45.3. The van der Waals surface area contributed by atoms with Crippen molar-refractivity contribution in [1.82, 2.24) is 0 Å². The summed E-state index contributed by atoms with van der Waals surface area (Å²) >= 11 is 0. The van der Waals surface area contributed by atoms with E-state index in [1.165, 1.54) is 5.57 Å². The van der Waals surface area contributed by atoms with Gasteiger partial charge in [0.05, 0.1) is 37.9 Å². The minimum Gasteiger partial charge on any atom is -0.432 e. The van der Waals surface area contributed by atoms with E-state index in [1.807, 2.05) is 0 Å². The second kappa shape index (κ2) is 21.8. The monoisotopic (exact) mass is 1100 g/mol. The number of hydrogen-bond acceptors (Lipinski definition) is 23. The molecule has 14 N–H and O–H groups in total. The smallest absolute Gasteiger partial charge is 0.315 e. The predicted molar refractivity (Wildman–Crippen MR) is 263 cm³/mol. The molecule has 9 rings (SSSR count). The molecule has 0 aromatic carbocycles. The Morgan fingerprint density at radius 2 is 1.00 bits per heavy atom. The summed E-state index contributed by atoms with van der Waals surface area (Å²) in [5.41, 5.74) is -1.27. The van der Waals surface area contributed by atoms with E-state index >= 15 is 0 Å². The lowest BCUT2D eigenvalue weighted by molar-refractivity contribution is -0.399. The average Bonchev–Trinajstić information content (AvgIpc) is 3.55. The van der Waals surface area contributed by atoms with Gasteiger partial charge in [0.2, 0.25) is 6.29 Å². The van der Waals surface area contributed by atoms with Crippen LogP contribution in [0.25, 0.3) is 0 Å². The first kappa shape index (κ1) is 60.0. The van der Waals surface area contributed by atoms with Crippen molar-refractivity contribution >= 4 is 5.97 Å². The van der Waals surface area contributed by atoms with Crippen molar-refractivity contribution in [2.75, 3.05) is 26.4 Å². The van der Waals surface area contributed by atoms with Crippen molar-refractivity contribution in [2.24, 2.45) is 50.2 Å². The molecule has 23 heteroatoms. The second-order valence-corrected chi connectivity index (χ2v) is 26.3. The number of ether oxygens (including phenoxy) is 8. The number of carbonyl (C=O) groups excluding carboxylic acids is 1. The Bertz CT molecular complexity index is 2110. The summed E-state index contributed by atoms with van der Waals surface area (Å²) in [5, 5.41) is 149. The van der Waals surface area contributed by atoms with Gasteiger partial charge in [-0.05, 0) is 109 Å². The number of hydrogen-bond donors (Lipinski definition) is 14. The first-order valence-corrected chi connectivity index (χ1v) is 27.8. The highest BCUT2D eigenvalue weighted by atomic mass is 16.8. The summed E-state index contributed by atoms with van der Waals surface area (Å²) in [5.74, 6) is -0.507. The number of fused-ring (bicyclic) bond motifs is 7. The zero-order chi connectivity index (χ0) is 56.3. The van der Waals surface area contributed by atoms with E-state index in [0.717, 1.165) is 32.1 Å². The molecule has 8 fully saturated rings. The Balaban J connectivity index is 0.995. The lowest BCUT2D eigenvalue weighted by Gasteiger charge is -2.71. The van der Waals surface area contributed by atoms with Crippen molar-refractivity contribution in [2.45, 2.75) is 242 Å². The molecule has 23 nitrogen and oxygen atoms in total. The first-order valence-electron chi connectivity index (χ1n) is 27.8. The summed E-state index contributed by atoms with van der Waals surface area (Å²) < 4.78 is 48.9. The Labute approximate surface area is 449 Å². The van der Waals surface area contributed by atoms with Gasteiger partial charge in [-0.15, -0.1) is 0 Å². The largest absolute Gasteiger partial charge is 0.432 e. The fourth-order valence-electron chi connectivity index (χ4n) is 16.5. The first-order chi connectivity index (χ1) is 36.1. The number of allylic oxidation sites excluding steroid dienone is 2. The molecule has 0 bridgehead atoms. The molecule has 28 atom stereocenters. The standard InChI is InChI=1S/C54H88O23/c1-49(2)14-16-54(48(69)77-46-41(68)38(65)34(61)27(21-57)72-46)17-15-52(6)23(24(54)18-49)8-9-30-51(5)12-11-31(50(3,4)29(51)10-13-53(30,52)7)74-47-43(76-45-40(67)37(64)33(60)26(20-56)71-45)42(35(62)28(22-58)73-47)75-44-39(66)36(63)32(59)25(19-55)70-44/h8,24-47,55-68H,9-22H2,1-7H3/t24-,25+,26+,27+,28+,29-,30+,31-,32+,33-,34+,35+,36-,37-,38-,39+,40+,41+,42-,43+,44-,45-,46-,47-,51-,52+,53+,54-/m0/s1. The van der Waals surface area contributed by atoms with E-state index in [1.54, 1.807) is 0 Å². The zero-order valence-electron chi connectivity index (χ0n) is 45.3. The Kier molecular flexibility index (Phi) is 17.0. The third kappa shape index (κ3) is 9.80. The van der Waals surface area contributed by atoms with E-state index in [2.05, 4.69) is 54.5 Å². The molecule has 5 aliphatic carbocycles. The van der Waals surface area contributed by atoms with Crippen molar-refractivity contribution in [1.29, 1.82) is 0 Å². The Morgan fingerprint density at radius 1 is 0.519 bits per heavy atom. The fourth-order valence-corrected chi connectivity index (χ4v) is 16.5. The van der Waals surface area contributed by atoms with Gasteiger partial charge in [0, 0.05) is 0 Å². The minimum atomic E-state index is -1.94. The van der Waals surface area contributed by atoms with E-state index in [-0.39, 0.29) is 39.4 Å². The Hall–Kier alpha value is -1.63. The summed E-state index contributed by atoms with van der Waals surface area (Å²) in [6.07, 6.45) is -25.0. The van der Waals surface area contributed by atoms with Crippen LogP contribution in [0, 0.1) is 50.2 Å². The van der Waals surface area contributed by atoms with Crippen LogP contribution in [-0.4, -0.2) is 233 Å². The Morgan fingerprint density at radius 3 is 1.55 bits per heavy atom. The maximum Gasteiger partial charge on any atom is 0.315 e. The van der Waals surface area contributed by atoms with Crippen molar-refractivity contribution in [3.8, 4) is 0 Å². The van der Waals surface area contributed by atoms with Crippen LogP contribution in [-0.2, 0) is 42.7 Å². The molecular formula is C54H88O23. The third-order valence-corrected chi connectivity index (χ3v) is 21.4. The highest BCUT2D eigenvalue weighted by Gasteiger charge is 2.70. The lowest BCUT2D eigenvalue weighted by atomic mass is 9.33. The number of esters is 1. The van der Waals surface area contributed by atoms with Crippen LogP contribution in [0.4, 0.5) is 0 Å². The molecule has 0 radical (unpaired) electrons. The highest BCUT2D eigenvalue weighted by molar-refractivity contribution is 5.79. The molecule has 4 saturated carbocycles. The topological polar surface area (TPSA) is 374 Å². The summed E-state index contributed by atoms with van der Waals surface area (Å²) in [6.45, 7) is 12.8. The molecule has 0 aromatic heterocycles. The van der Waals surface area contributed by atoms with Gasteiger partial charge in [0.15, 0.2) is 18.9 Å². The van der Waals surface area contributed by atoms with Gasteiger partial charge in [-0.2, -0.15) is 0 Å². The van der Waals surface area contributed by atoms with Gasteiger partial charge in [0.1, 0.15) is 97.7 Å². The van der Waals surface area contributed by atoms with Crippen LogP contribution < -0.4 is 0 Å². The maximum atomic E-state index is 14.8. The molecule has 0 spiro atoms. The van der Waals surface area contributed by atoms with E-state index in [0.29, 0.717) is 32.1 Å². The van der Waals surface area contributed by atoms with Crippen molar-refractivity contribution in [3.63, 3.8) is 0 Å². The van der Waals surface area contributed by atoms with E-state index < -0.39 is 172 Å². The summed E-state index contributed by atoms with van der Waals surface area (Å²) in [7, 11) is 0. The number of rotatable bonds is 12. The lowest BCUT2D eigenvalue weighted by Crippen LogP contribution is -2.68. The molecule has 9 aliphatic rings. The predicted octanol–water partition coefficient (Wildman–Crippen LogP) is -2.04. The second-order valence-electron chi connectivity index (χ2n) is 26.3. The van der Waals surface area contributed by atoms with Gasteiger partial charge in [-0.3, -0.25) is 4.79 Å². The highest BCUT2D eigenvalue weighted by Crippen LogP contribution is 2.76. The molecule has 0 amide bonds. The number of aliphatic hydroxyl groups is 14. The van der Waals surface area contributed by atoms with Crippen LogP contribution in [0.3, 0.4) is 0 Å². The normalized spacial score (nSPS) is 53.4. The van der Waals surface area contributed by atoms with Crippen LogP contribution in [0.2, 0.25) is 0 Å². The number of carbonyl (C=O) groups is 1. The fraction of sp³-hybridized carbons (Fsp3) is 0.944. The summed E-state index contributed by atoms with van der Waals surface area (Å²) in [6, 6.07) is 0. The van der Waals surface area contributed by atoms with Gasteiger partial charge >= 0.3 is 5.97 Å². The number of aliphatic hydroxyl groups excluding tert-OH is 14. The summed E-state index contributed by atoms with van der Waals surface area (Å²) in [4.78, 5) is 14.8. The van der Waals surface area contributed by atoms with Crippen LogP contribution in [0.5, 0.6) is 0 Å². The molecule has 0 aromatic rings. The molecule has 442 valence electrons. The SMILES string of the molecule is CC1(C)CC[C@]2(C(=O)O[C@@H]3O[C@H](CO)[C@@H](O)[C@H](O)[C@H]3O)CC[C@]3(C)C(=CC[C@@H]4[C@@]5(C)CC[C@H](O[C@@H]6O[C@H](CO)[C@@H](O)[C@H](O[C@@H]7O[C@H](CO)[C@@H](O)[C@H](O)[C@H]7O)[C@H]6O[C@@H]6O[C@H](CO)[C@H](O)[C@H](O)[C@H]6O)C(C)(C)[C@@H]5CC[C@]43C)[C@@H]2C1. The average molecular weight is 1110 g/mol. The van der Waals surface area contributed by atoms with Gasteiger partial charge in [0.25, 0.3) is 0 Å². The molecule has 4 saturated heterocycles. The molecule has 0 unspecified atom stereocenters. The van der Waals surface area contributed by atoms with Gasteiger partial charge in [-0.1, -0.05) is 60.1 Å². The maximum absolute atomic E-state index is 14.8. The van der Waals surface area contributed by atoms with Crippen LogP contribution in [0.15, 0.2) is 11.6 Å². The third-order valence-electron chi connectivity index (χ3n) is 21.4. The minimum absolute atomic E-state index is 0.0454. The molecule has 4 aliphatic heterocycles. The van der Waals surface area contributed by atoms with Crippen molar-refractivity contribution in [3.05, 3.63) is 11.6 Å². The molecular weight excluding hydrogens is 1020 g/mol. The quantitative estimate of drug-likeness (QED) is 0.0569. The van der Waals surface area contributed by atoms with Crippen LogP contribution in [0.1, 0.15) is 113 Å². The molecule has 77 heavy (non-hydrogen) atoms. The van der Waals surface area contributed by atoms with Gasteiger partial charge < -0.3 is 109 Å².